The number of benzene rings is 2. The molecule has 0 aliphatic carbocycles. The van der Waals surface area contributed by atoms with Crippen molar-refractivity contribution >= 4 is 5.97 Å². The Morgan fingerprint density at radius 1 is 1.04 bits per heavy atom. The average molecular weight is 345 g/mol. The summed E-state index contributed by atoms with van der Waals surface area (Å²) < 4.78 is 16.0. The van der Waals surface area contributed by atoms with Crippen LogP contribution in [0.1, 0.15) is 29.2 Å². The molecule has 0 saturated carbocycles. The second-order valence-electron chi connectivity index (χ2n) is 5.55. The predicted molar refractivity (Wildman–Crippen MR) is 94.5 cm³/mol. The first-order valence-corrected chi connectivity index (χ1v) is 7.86. The van der Waals surface area contributed by atoms with Gasteiger partial charge in [0.15, 0.2) is 0 Å². The van der Waals surface area contributed by atoms with Gasteiger partial charge < -0.3 is 25.1 Å². The molecule has 0 amide bonds. The van der Waals surface area contributed by atoms with Crippen LogP contribution in [0.25, 0.3) is 0 Å². The van der Waals surface area contributed by atoms with Crippen molar-refractivity contribution in [3.05, 3.63) is 53.1 Å². The molecule has 2 aromatic carbocycles. The van der Waals surface area contributed by atoms with Crippen LogP contribution in [0.4, 0.5) is 0 Å². The minimum absolute atomic E-state index is 0.0138. The van der Waals surface area contributed by atoms with Gasteiger partial charge in [-0.1, -0.05) is 12.1 Å². The predicted octanol–water partition coefficient (Wildman–Crippen LogP) is 2.78. The Hall–Kier alpha value is -2.73. The fourth-order valence-electron chi connectivity index (χ4n) is 2.66. The van der Waals surface area contributed by atoms with Gasteiger partial charge in [0.25, 0.3) is 0 Å². The fraction of sp³-hybridized carbons (Fsp3) is 0.316. The topological polar surface area (TPSA) is 91.0 Å². The van der Waals surface area contributed by atoms with E-state index in [1.165, 1.54) is 0 Å². The first kappa shape index (κ1) is 18.6. The molecule has 3 N–H and O–H groups in total. The SMILES string of the molecule is COc1ccc(C(N)c2cc(CCC(=O)O)c(OC)cc2OC)cc1. The van der Waals surface area contributed by atoms with E-state index >= 15 is 0 Å². The molecule has 25 heavy (non-hydrogen) atoms. The summed E-state index contributed by atoms with van der Waals surface area (Å²) in [6.45, 7) is 0. The molecule has 2 rings (SSSR count). The van der Waals surface area contributed by atoms with Crippen LogP contribution in [-0.2, 0) is 11.2 Å². The number of hydrogen-bond donors (Lipinski definition) is 2. The van der Waals surface area contributed by atoms with E-state index in [-0.39, 0.29) is 6.42 Å². The fourth-order valence-corrected chi connectivity index (χ4v) is 2.66. The number of aryl methyl sites for hydroxylation is 1. The van der Waals surface area contributed by atoms with Crippen molar-refractivity contribution in [3.63, 3.8) is 0 Å². The molecule has 0 spiro atoms. The maximum absolute atomic E-state index is 10.9. The summed E-state index contributed by atoms with van der Waals surface area (Å²) in [6, 6.07) is 10.7. The molecular formula is C19H23NO5. The van der Waals surface area contributed by atoms with Crippen molar-refractivity contribution in [2.24, 2.45) is 5.73 Å². The van der Waals surface area contributed by atoms with E-state index in [0.29, 0.717) is 17.9 Å². The van der Waals surface area contributed by atoms with Crippen LogP contribution in [0.15, 0.2) is 36.4 Å². The summed E-state index contributed by atoms with van der Waals surface area (Å²) in [6.07, 6.45) is 0.366. The van der Waals surface area contributed by atoms with Crippen molar-refractivity contribution in [1.82, 2.24) is 0 Å². The van der Waals surface area contributed by atoms with Gasteiger partial charge in [-0.3, -0.25) is 4.79 Å². The van der Waals surface area contributed by atoms with Gasteiger partial charge in [0, 0.05) is 18.1 Å². The highest BCUT2D eigenvalue weighted by molar-refractivity contribution is 5.67. The number of nitrogens with two attached hydrogens (primary N) is 1. The average Bonchev–Trinajstić information content (AvgIpc) is 2.65. The zero-order valence-electron chi connectivity index (χ0n) is 14.6. The highest BCUT2D eigenvalue weighted by Crippen LogP contribution is 2.35. The summed E-state index contributed by atoms with van der Waals surface area (Å²) in [7, 11) is 4.72. The first-order valence-electron chi connectivity index (χ1n) is 7.86. The third-order valence-corrected chi connectivity index (χ3v) is 4.05. The molecule has 0 saturated heterocycles. The maximum Gasteiger partial charge on any atom is 0.303 e. The van der Waals surface area contributed by atoms with Gasteiger partial charge in [0.05, 0.1) is 27.4 Å². The Morgan fingerprint density at radius 3 is 2.20 bits per heavy atom. The van der Waals surface area contributed by atoms with E-state index in [1.807, 2.05) is 30.3 Å². The normalized spacial score (nSPS) is 11.7. The van der Waals surface area contributed by atoms with Crippen molar-refractivity contribution in [2.75, 3.05) is 21.3 Å². The lowest BCUT2D eigenvalue weighted by atomic mass is 9.95. The Balaban J connectivity index is 2.42. The minimum Gasteiger partial charge on any atom is -0.497 e. The van der Waals surface area contributed by atoms with Gasteiger partial charge in [-0.2, -0.15) is 0 Å². The van der Waals surface area contributed by atoms with Gasteiger partial charge in [0.2, 0.25) is 0 Å². The molecule has 1 unspecified atom stereocenters. The molecular weight excluding hydrogens is 322 g/mol. The third-order valence-electron chi connectivity index (χ3n) is 4.05. The standard InChI is InChI=1S/C19H23NO5/c1-23-14-7-4-12(5-8-14)19(20)15-10-13(6-9-18(21)22)16(24-2)11-17(15)25-3/h4-5,7-8,10-11,19H,6,9,20H2,1-3H3,(H,21,22). The van der Waals surface area contributed by atoms with E-state index in [9.17, 15) is 4.79 Å². The summed E-state index contributed by atoms with van der Waals surface area (Å²) in [5.74, 6) is 1.07. The minimum atomic E-state index is -0.862. The lowest BCUT2D eigenvalue weighted by molar-refractivity contribution is -0.136. The second-order valence-corrected chi connectivity index (χ2v) is 5.55. The van der Waals surface area contributed by atoms with Gasteiger partial charge >= 0.3 is 5.97 Å². The summed E-state index contributed by atoms with van der Waals surface area (Å²) in [4.78, 5) is 10.9. The van der Waals surface area contributed by atoms with Crippen LogP contribution in [0.3, 0.4) is 0 Å². The van der Waals surface area contributed by atoms with Crippen molar-refractivity contribution in [2.45, 2.75) is 18.9 Å². The Bertz CT molecular complexity index is 727. The van der Waals surface area contributed by atoms with Crippen molar-refractivity contribution < 1.29 is 24.1 Å². The quantitative estimate of drug-likeness (QED) is 0.764. The van der Waals surface area contributed by atoms with Gasteiger partial charge in [-0.05, 0) is 35.7 Å². The zero-order chi connectivity index (χ0) is 18.4. The van der Waals surface area contributed by atoms with E-state index < -0.39 is 12.0 Å². The molecule has 0 aliphatic rings. The maximum atomic E-state index is 10.9. The van der Waals surface area contributed by atoms with Crippen LogP contribution in [0.2, 0.25) is 0 Å². The number of carbonyl (C=O) groups is 1. The number of carboxylic acid groups (broad SMARTS) is 1. The summed E-state index contributed by atoms with van der Waals surface area (Å²) in [5.41, 5.74) is 8.87. The lowest BCUT2D eigenvalue weighted by Gasteiger charge is -2.19. The van der Waals surface area contributed by atoms with E-state index in [1.54, 1.807) is 27.4 Å². The summed E-state index contributed by atoms with van der Waals surface area (Å²) in [5, 5.41) is 8.94. The number of rotatable bonds is 8. The molecule has 6 heteroatoms. The summed E-state index contributed by atoms with van der Waals surface area (Å²) >= 11 is 0. The molecule has 2 aromatic rings. The molecule has 0 heterocycles. The molecule has 0 aliphatic heterocycles. The molecule has 0 fully saturated rings. The first-order chi connectivity index (χ1) is 12.0. The second kappa shape index (κ2) is 8.39. The number of aliphatic carboxylic acids is 1. The molecule has 0 bridgehead atoms. The Kier molecular flexibility index (Phi) is 6.25. The Labute approximate surface area is 147 Å². The highest BCUT2D eigenvalue weighted by Gasteiger charge is 2.18. The number of methoxy groups -OCH3 is 3. The number of carboxylic acids is 1. The molecule has 0 aromatic heterocycles. The zero-order valence-corrected chi connectivity index (χ0v) is 14.6. The molecule has 134 valence electrons. The number of ether oxygens (including phenoxy) is 3. The van der Waals surface area contributed by atoms with Crippen LogP contribution in [0, 0.1) is 0 Å². The molecule has 1 atom stereocenters. The molecule has 6 nitrogen and oxygen atoms in total. The van der Waals surface area contributed by atoms with Crippen molar-refractivity contribution in [3.8, 4) is 17.2 Å². The van der Waals surface area contributed by atoms with Crippen LogP contribution >= 0.6 is 0 Å². The molecule has 0 radical (unpaired) electrons. The lowest BCUT2D eigenvalue weighted by Crippen LogP contribution is -2.14. The van der Waals surface area contributed by atoms with Crippen LogP contribution in [-0.4, -0.2) is 32.4 Å². The Morgan fingerprint density at radius 2 is 1.68 bits per heavy atom. The largest absolute Gasteiger partial charge is 0.497 e. The van der Waals surface area contributed by atoms with Crippen LogP contribution in [0.5, 0.6) is 17.2 Å². The smallest absolute Gasteiger partial charge is 0.303 e. The van der Waals surface area contributed by atoms with Crippen LogP contribution < -0.4 is 19.9 Å². The number of hydrogen-bond acceptors (Lipinski definition) is 5. The van der Waals surface area contributed by atoms with E-state index in [2.05, 4.69) is 0 Å². The van der Waals surface area contributed by atoms with Gasteiger partial charge in [-0.15, -0.1) is 0 Å². The monoisotopic (exact) mass is 345 g/mol. The van der Waals surface area contributed by atoms with Gasteiger partial charge in [-0.25, -0.2) is 0 Å². The van der Waals surface area contributed by atoms with Gasteiger partial charge in [0.1, 0.15) is 17.2 Å². The highest BCUT2D eigenvalue weighted by atomic mass is 16.5. The van der Waals surface area contributed by atoms with E-state index in [4.69, 9.17) is 25.1 Å². The van der Waals surface area contributed by atoms with E-state index in [0.717, 1.165) is 22.4 Å². The third kappa shape index (κ3) is 4.42. The van der Waals surface area contributed by atoms with Crippen molar-refractivity contribution in [1.29, 1.82) is 0 Å².